The van der Waals surface area contributed by atoms with Crippen LogP contribution in [0.1, 0.15) is 49.8 Å². The third kappa shape index (κ3) is 4.44. The number of carbonyl (C=O) groups excluding carboxylic acids is 1. The van der Waals surface area contributed by atoms with Crippen molar-refractivity contribution in [3.63, 3.8) is 0 Å². The van der Waals surface area contributed by atoms with Crippen LogP contribution in [0.5, 0.6) is 0 Å². The van der Waals surface area contributed by atoms with Crippen LogP contribution < -0.4 is 5.32 Å². The monoisotopic (exact) mass is 411 g/mol. The van der Waals surface area contributed by atoms with Gasteiger partial charge in [-0.3, -0.25) is 14.6 Å². The summed E-state index contributed by atoms with van der Waals surface area (Å²) in [5, 5.41) is 3.09. The Morgan fingerprint density at radius 1 is 1.21 bits per heavy atom. The molecule has 3 heterocycles. The van der Waals surface area contributed by atoms with Crippen molar-refractivity contribution in [3.8, 4) is 0 Å². The molecule has 1 N–H and O–H groups in total. The van der Waals surface area contributed by atoms with Crippen LogP contribution in [0.3, 0.4) is 0 Å². The number of carbonyl (C=O) groups is 1. The number of halogens is 3. The number of ether oxygens (including phenoxy) is 1. The summed E-state index contributed by atoms with van der Waals surface area (Å²) in [6, 6.07) is 5.91. The molecule has 0 bridgehead atoms. The number of alkyl halides is 3. The van der Waals surface area contributed by atoms with Crippen molar-refractivity contribution in [1.29, 1.82) is 0 Å². The Labute approximate surface area is 169 Å². The molecule has 160 valence electrons. The Kier molecular flexibility index (Phi) is 5.86. The number of amides is 1. The second kappa shape index (κ2) is 8.24. The molecule has 0 radical (unpaired) electrons. The van der Waals surface area contributed by atoms with Crippen molar-refractivity contribution < 1.29 is 22.7 Å². The molecule has 0 spiro atoms. The molecule has 3 aliphatic heterocycles. The summed E-state index contributed by atoms with van der Waals surface area (Å²) in [7, 11) is 0. The molecular formula is C21H28F3N3O2. The van der Waals surface area contributed by atoms with E-state index in [0.29, 0.717) is 25.2 Å². The minimum atomic E-state index is -4.35. The smallest absolute Gasteiger partial charge is 0.379 e. The zero-order valence-corrected chi connectivity index (χ0v) is 16.6. The van der Waals surface area contributed by atoms with Crippen LogP contribution in [0.25, 0.3) is 0 Å². The van der Waals surface area contributed by atoms with Gasteiger partial charge in [0.2, 0.25) is 5.91 Å². The van der Waals surface area contributed by atoms with E-state index in [9.17, 15) is 18.0 Å². The molecular weight excluding hydrogens is 383 g/mol. The first-order chi connectivity index (χ1) is 13.8. The van der Waals surface area contributed by atoms with Crippen LogP contribution in [-0.2, 0) is 15.7 Å². The van der Waals surface area contributed by atoms with Crippen molar-refractivity contribution in [2.75, 3.05) is 26.3 Å². The molecule has 4 rings (SSSR count). The molecule has 1 aromatic carbocycles. The average molecular weight is 411 g/mol. The minimum Gasteiger partial charge on any atom is -0.379 e. The fourth-order valence-corrected chi connectivity index (χ4v) is 5.05. The SMILES string of the molecule is C[C@@H]1COCCN1C1CC(=O)NC(N2CCC[C@H]2c2cccc(C(F)(F)F)c2)C1. The van der Waals surface area contributed by atoms with Crippen LogP contribution in [0.15, 0.2) is 24.3 Å². The Morgan fingerprint density at radius 2 is 2.03 bits per heavy atom. The topological polar surface area (TPSA) is 44.8 Å². The lowest BCUT2D eigenvalue weighted by Gasteiger charge is -2.45. The van der Waals surface area contributed by atoms with Gasteiger partial charge in [-0.2, -0.15) is 13.2 Å². The highest BCUT2D eigenvalue weighted by Crippen LogP contribution is 2.38. The van der Waals surface area contributed by atoms with E-state index in [-0.39, 0.29) is 30.2 Å². The summed E-state index contributed by atoms with van der Waals surface area (Å²) < 4.78 is 45.0. The first-order valence-electron chi connectivity index (χ1n) is 10.4. The van der Waals surface area contributed by atoms with Gasteiger partial charge in [-0.25, -0.2) is 0 Å². The fraction of sp³-hybridized carbons (Fsp3) is 0.667. The third-order valence-corrected chi connectivity index (χ3v) is 6.43. The van der Waals surface area contributed by atoms with Gasteiger partial charge in [-0.05, 0) is 43.9 Å². The number of rotatable bonds is 3. The van der Waals surface area contributed by atoms with E-state index in [1.54, 1.807) is 6.07 Å². The summed E-state index contributed by atoms with van der Waals surface area (Å²) in [6.07, 6.45) is -1.55. The highest BCUT2D eigenvalue weighted by Gasteiger charge is 2.40. The molecule has 0 aliphatic carbocycles. The second-order valence-corrected chi connectivity index (χ2v) is 8.36. The first-order valence-corrected chi connectivity index (χ1v) is 10.4. The number of nitrogens with one attached hydrogen (secondary N) is 1. The van der Waals surface area contributed by atoms with Gasteiger partial charge in [0.05, 0.1) is 24.9 Å². The Bertz CT molecular complexity index is 742. The van der Waals surface area contributed by atoms with E-state index in [2.05, 4.69) is 22.0 Å². The summed E-state index contributed by atoms with van der Waals surface area (Å²) in [4.78, 5) is 17.0. The lowest BCUT2D eigenvalue weighted by molar-refractivity contribution is -0.137. The number of benzene rings is 1. The Morgan fingerprint density at radius 3 is 2.79 bits per heavy atom. The molecule has 29 heavy (non-hydrogen) atoms. The van der Waals surface area contributed by atoms with Gasteiger partial charge in [0, 0.05) is 37.6 Å². The maximum Gasteiger partial charge on any atom is 0.416 e. The molecule has 1 aromatic rings. The van der Waals surface area contributed by atoms with Gasteiger partial charge in [-0.15, -0.1) is 0 Å². The summed E-state index contributed by atoms with van der Waals surface area (Å²) in [5.41, 5.74) is 0.0583. The molecule has 3 fully saturated rings. The molecule has 5 nitrogen and oxygen atoms in total. The minimum absolute atomic E-state index is 0.0136. The number of hydrogen-bond donors (Lipinski definition) is 1. The molecule has 2 unspecified atom stereocenters. The zero-order valence-electron chi connectivity index (χ0n) is 16.6. The zero-order chi connectivity index (χ0) is 20.6. The number of piperidine rings is 1. The highest BCUT2D eigenvalue weighted by atomic mass is 19.4. The summed E-state index contributed by atoms with van der Waals surface area (Å²) in [6.45, 7) is 5.03. The Hall–Kier alpha value is -1.64. The van der Waals surface area contributed by atoms with E-state index >= 15 is 0 Å². The number of hydrogen-bond acceptors (Lipinski definition) is 4. The van der Waals surface area contributed by atoms with Gasteiger partial charge < -0.3 is 10.1 Å². The van der Waals surface area contributed by atoms with Gasteiger partial charge in [-0.1, -0.05) is 12.1 Å². The number of likely N-dealkylation sites (tertiary alicyclic amines) is 1. The lowest BCUT2D eigenvalue weighted by Crippen LogP contribution is -2.59. The van der Waals surface area contributed by atoms with Crippen LogP contribution in [0.2, 0.25) is 0 Å². The van der Waals surface area contributed by atoms with Crippen LogP contribution in [0, 0.1) is 0 Å². The quantitative estimate of drug-likeness (QED) is 0.830. The van der Waals surface area contributed by atoms with Gasteiger partial charge >= 0.3 is 6.18 Å². The lowest BCUT2D eigenvalue weighted by atomic mass is 9.96. The van der Waals surface area contributed by atoms with Crippen molar-refractivity contribution in [3.05, 3.63) is 35.4 Å². The fourth-order valence-electron chi connectivity index (χ4n) is 5.05. The molecule has 8 heteroatoms. The summed E-state index contributed by atoms with van der Waals surface area (Å²) in [5.74, 6) is 0.0136. The highest BCUT2D eigenvalue weighted by molar-refractivity contribution is 5.77. The molecule has 4 atom stereocenters. The van der Waals surface area contributed by atoms with Crippen molar-refractivity contribution in [1.82, 2.24) is 15.1 Å². The standard InChI is InChI=1S/C21H28F3N3O2/c1-14-13-29-9-8-26(14)17-11-19(25-20(28)12-17)27-7-3-6-18(27)15-4-2-5-16(10-15)21(22,23)24/h2,4-5,10,14,17-19H,3,6-9,11-13H2,1H3,(H,25,28)/t14-,17?,18+,19?/m1/s1. The molecule has 0 aromatic heterocycles. The largest absolute Gasteiger partial charge is 0.416 e. The summed E-state index contributed by atoms with van der Waals surface area (Å²) >= 11 is 0. The van der Waals surface area contributed by atoms with Crippen molar-refractivity contribution >= 4 is 5.91 Å². The molecule has 1 amide bonds. The predicted molar refractivity (Wildman–Crippen MR) is 102 cm³/mol. The van der Waals surface area contributed by atoms with E-state index in [4.69, 9.17) is 4.74 Å². The molecule has 0 saturated carbocycles. The van der Waals surface area contributed by atoms with E-state index < -0.39 is 11.7 Å². The normalized spacial score (nSPS) is 32.3. The van der Waals surface area contributed by atoms with Crippen LogP contribution in [-0.4, -0.2) is 60.3 Å². The molecule has 3 saturated heterocycles. The predicted octanol–water partition coefficient (Wildman–Crippen LogP) is 3.17. The number of nitrogens with zero attached hydrogens (tertiary/aromatic N) is 2. The van der Waals surface area contributed by atoms with Crippen LogP contribution >= 0.6 is 0 Å². The van der Waals surface area contributed by atoms with E-state index in [1.165, 1.54) is 12.1 Å². The van der Waals surface area contributed by atoms with Gasteiger partial charge in [0.25, 0.3) is 0 Å². The van der Waals surface area contributed by atoms with Gasteiger partial charge in [0.1, 0.15) is 0 Å². The van der Waals surface area contributed by atoms with Gasteiger partial charge in [0.15, 0.2) is 0 Å². The van der Waals surface area contributed by atoms with E-state index in [0.717, 1.165) is 38.4 Å². The second-order valence-electron chi connectivity index (χ2n) is 8.36. The molecule has 3 aliphatic rings. The maximum atomic E-state index is 13.2. The number of morpholine rings is 1. The van der Waals surface area contributed by atoms with Crippen LogP contribution in [0.4, 0.5) is 13.2 Å². The van der Waals surface area contributed by atoms with Crippen molar-refractivity contribution in [2.24, 2.45) is 0 Å². The third-order valence-electron chi connectivity index (χ3n) is 6.43. The average Bonchev–Trinajstić information content (AvgIpc) is 3.17. The van der Waals surface area contributed by atoms with Crippen molar-refractivity contribution in [2.45, 2.75) is 63.1 Å². The van der Waals surface area contributed by atoms with E-state index in [1.807, 2.05) is 0 Å². The maximum absolute atomic E-state index is 13.2. The Balaban J connectivity index is 1.53. The first kappa shape index (κ1) is 20.6.